The molecule has 4 heteroatoms. The monoisotopic (exact) mass is 244 g/mol. The van der Waals surface area contributed by atoms with Gasteiger partial charge < -0.3 is 5.32 Å². The normalized spacial score (nSPS) is 18.3. The number of pyridine rings is 1. The van der Waals surface area contributed by atoms with Gasteiger partial charge in [0.1, 0.15) is 11.5 Å². The van der Waals surface area contributed by atoms with E-state index in [4.69, 9.17) is 0 Å². The van der Waals surface area contributed by atoms with E-state index in [2.05, 4.69) is 32.6 Å². The summed E-state index contributed by atoms with van der Waals surface area (Å²) >= 11 is 0. The molecule has 96 valence electrons. The van der Waals surface area contributed by atoms with Crippen LogP contribution in [0.4, 0.5) is 5.82 Å². The fourth-order valence-electron chi connectivity index (χ4n) is 2.66. The third-order valence-corrected chi connectivity index (χ3v) is 3.77. The second-order valence-corrected chi connectivity index (χ2v) is 5.04. The molecule has 0 spiro atoms. The Morgan fingerprint density at radius 3 is 3.00 bits per heavy atom. The number of nitrogens with one attached hydrogen (secondary N) is 1. The molecule has 0 amide bonds. The summed E-state index contributed by atoms with van der Waals surface area (Å²) in [6.07, 6.45) is 6.53. The Morgan fingerprint density at radius 1 is 1.33 bits per heavy atom. The van der Waals surface area contributed by atoms with Crippen molar-refractivity contribution in [3.05, 3.63) is 30.6 Å². The van der Waals surface area contributed by atoms with E-state index >= 15 is 0 Å². The first kappa shape index (κ1) is 11.5. The fraction of sp³-hybridized carbons (Fsp3) is 0.500. The lowest BCUT2D eigenvalue weighted by molar-refractivity contribution is 0.269. The van der Waals surface area contributed by atoms with Crippen molar-refractivity contribution in [2.24, 2.45) is 0 Å². The first-order chi connectivity index (χ1) is 8.84. The van der Waals surface area contributed by atoms with Crippen LogP contribution in [0.3, 0.4) is 0 Å². The van der Waals surface area contributed by atoms with Crippen molar-refractivity contribution >= 4 is 11.5 Å². The van der Waals surface area contributed by atoms with E-state index in [1.165, 1.54) is 25.9 Å². The van der Waals surface area contributed by atoms with Gasteiger partial charge in [-0.1, -0.05) is 6.07 Å². The zero-order valence-corrected chi connectivity index (χ0v) is 10.8. The molecule has 4 nitrogen and oxygen atoms in total. The summed E-state index contributed by atoms with van der Waals surface area (Å²) in [5, 5.41) is 3.53. The summed E-state index contributed by atoms with van der Waals surface area (Å²) in [7, 11) is 0. The molecular weight excluding hydrogens is 224 g/mol. The third kappa shape index (κ3) is 2.20. The van der Waals surface area contributed by atoms with E-state index in [0.717, 1.165) is 18.0 Å². The molecule has 0 aromatic carbocycles. The van der Waals surface area contributed by atoms with Crippen LogP contribution in [0, 0.1) is 0 Å². The first-order valence-electron chi connectivity index (χ1n) is 6.74. The van der Waals surface area contributed by atoms with E-state index in [9.17, 15) is 0 Å². The van der Waals surface area contributed by atoms with Crippen molar-refractivity contribution in [1.82, 2.24) is 14.3 Å². The molecule has 1 N–H and O–H groups in total. The van der Waals surface area contributed by atoms with Crippen LogP contribution in [0.15, 0.2) is 30.6 Å². The predicted octanol–water partition coefficient (Wildman–Crippen LogP) is 2.23. The Morgan fingerprint density at radius 2 is 2.17 bits per heavy atom. The smallest absolute Gasteiger partial charge is 0.138 e. The fourth-order valence-corrected chi connectivity index (χ4v) is 2.66. The molecule has 1 atom stereocenters. The Balaban J connectivity index is 1.67. The average molecular weight is 244 g/mol. The van der Waals surface area contributed by atoms with Crippen molar-refractivity contribution in [2.75, 3.05) is 25.0 Å². The number of aromatic nitrogens is 2. The molecule has 1 fully saturated rings. The second kappa shape index (κ2) is 4.98. The largest absolute Gasteiger partial charge is 0.370 e. The van der Waals surface area contributed by atoms with Gasteiger partial charge in [0.15, 0.2) is 0 Å². The van der Waals surface area contributed by atoms with Crippen molar-refractivity contribution in [3.63, 3.8) is 0 Å². The lowest BCUT2D eigenvalue weighted by Crippen LogP contribution is -2.35. The number of anilines is 1. The van der Waals surface area contributed by atoms with Crippen molar-refractivity contribution in [3.8, 4) is 0 Å². The van der Waals surface area contributed by atoms with Gasteiger partial charge in [0.25, 0.3) is 0 Å². The molecule has 0 saturated carbocycles. The number of hydrogen-bond donors (Lipinski definition) is 1. The lowest BCUT2D eigenvalue weighted by Gasteiger charge is -2.24. The summed E-state index contributed by atoms with van der Waals surface area (Å²) in [5.41, 5.74) is 0.994. The van der Waals surface area contributed by atoms with Gasteiger partial charge in [0, 0.05) is 25.0 Å². The summed E-state index contributed by atoms with van der Waals surface area (Å²) in [5.74, 6) is 1.12. The quantitative estimate of drug-likeness (QED) is 0.895. The van der Waals surface area contributed by atoms with Gasteiger partial charge in [-0.25, -0.2) is 4.98 Å². The van der Waals surface area contributed by atoms with E-state index in [1.54, 1.807) is 0 Å². The molecule has 18 heavy (non-hydrogen) atoms. The van der Waals surface area contributed by atoms with Crippen molar-refractivity contribution < 1.29 is 0 Å². The molecule has 1 saturated heterocycles. The Bertz CT molecular complexity index is 513. The maximum absolute atomic E-state index is 4.30. The SMILES string of the molecule is CC(CNc1cccc2nccn12)N1CCCC1. The number of nitrogens with zero attached hydrogens (tertiary/aromatic N) is 3. The minimum absolute atomic E-state index is 0.589. The zero-order valence-electron chi connectivity index (χ0n) is 10.8. The molecule has 3 rings (SSSR count). The van der Waals surface area contributed by atoms with E-state index in [1.807, 2.05) is 24.5 Å². The van der Waals surface area contributed by atoms with Gasteiger partial charge in [0.2, 0.25) is 0 Å². The molecule has 1 aliphatic heterocycles. The van der Waals surface area contributed by atoms with Crippen LogP contribution in [0.1, 0.15) is 19.8 Å². The summed E-state index contributed by atoms with van der Waals surface area (Å²) in [6.45, 7) is 5.78. The topological polar surface area (TPSA) is 32.6 Å². The highest BCUT2D eigenvalue weighted by atomic mass is 15.2. The summed E-state index contributed by atoms with van der Waals surface area (Å²) < 4.78 is 2.09. The highest BCUT2D eigenvalue weighted by molar-refractivity contribution is 5.49. The molecule has 3 heterocycles. The minimum Gasteiger partial charge on any atom is -0.370 e. The highest BCUT2D eigenvalue weighted by Crippen LogP contribution is 2.14. The van der Waals surface area contributed by atoms with E-state index in [-0.39, 0.29) is 0 Å². The first-order valence-corrected chi connectivity index (χ1v) is 6.74. The summed E-state index contributed by atoms with van der Waals surface area (Å²) in [4.78, 5) is 6.85. The highest BCUT2D eigenvalue weighted by Gasteiger charge is 2.17. The van der Waals surface area contributed by atoms with Gasteiger partial charge in [-0.05, 0) is 45.0 Å². The number of hydrogen-bond acceptors (Lipinski definition) is 3. The third-order valence-electron chi connectivity index (χ3n) is 3.77. The zero-order chi connectivity index (χ0) is 12.4. The van der Waals surface area contributed by atoms with Crippen LogP contribution in [-0.2, 0) is 0 Å². The van der Waals surface area contributed by atoms with Gasteiger partial charge in [-0.3, -0.25) is 9.30 Å². The Labute approximate surface area is 108 Å². The molecule has 2 aromatic rings. The maximum atomic E-state index is 4.30. The number of likely N-dealkylation sites (tertiary alicyclic amines) is 1. The molecule has 1 unspecified atom stereocenters. The van der Waals surface area contributed by atoms with Crippen LogP contribution in [-0.4, -0.2) is 40.0 Å². The standard InChI is InChI=1S/C14H20N4/c1-12(17-8-2-3-9-17)11-16-14-6-4-5-13-15-7-10-18(13)14/h4-7,10,12,16H,2-3,8-9,11H2,1H3. The Hall–Kier alpha value is -1.55. The lowest BCUT2D eigenvalue weighted by atomic mass is 10.3. The number of fused-ring (bicyclic) bond motifs is 1. The van der Waals surface area contributed by atoms with Crippen LogP contribution >= 0.6 is 0 Å². The van der Waals surface area contributed by atoms with Gasteiger partial charge in [0.05, 0.1) is 0 Å². The average Bonchev–Trinajstić information content (AvgIpc) is 3.05. The van der Waals surface area contributed by atoms with Crippen LogP contribution < -0.4 is 5.32 Å². The molecule has 0 bridgehead atoms. The summed E-state index contributed by atoms with van der Waals surface area (Å²) in [6, 6.07) is 6.76. The number of imidazole rings is 1. The maximum Gasteiger partial charge on any atom is 0.138 e. The molecule has 2 aromatic heterocycles. The molecule has 0 radical (unpaired) electrons. The van der Waals surface area contributed by atoms with Crippen LogP contribution in [0.5, 0.6) is 0 Å². The van der Waals surface area contributed by atoms with Gasteiger partial charge >= 0.3 is 0 Å². The van der Waals surface area contributed by atoms with Crippen molar-refractivity contribution in [2.45, 2.75) is 25.8 Å². The second-order valence-electron chi connectivity index (χ2n) is 5.04. The van der Waals surface area contributed by atoms with E-state index < -0.39 is 0 Å². The van der Waals surface area contributed by atoms with Crippen molar-refractivity contribution in [1.29, 1.82) is 0 Å². The Kier molecular flexibility index (Phi) is 3.19. The molecule has 1 aliphatic rings. The number of rotatable bonds is 4. The van der Waals surface area contributed by atoms with E-state index in [0.29, 0.717) is 6.04 Å². The van der Waals surface area contributed by atoms with Gasteiger partial charge in [-0.2, -0.15) is 0 Å². The minimum atomic E-state index is 0.589. The van der Waals surface area contributed by atoms with Gasteiger partial charge in [-0.15, -0.1) is 0 Å². The van der Waals surface area contributed by atoms with Crippen LogP contribution in [0.25, 0.3) is 5.65 Å². The molecule has 0 aliphatic carbocycles. The molecular formula is C14H20N4. The predicted molar refractivity (Wildman–Crippen MR) is 74.0 cm³/mol. The van der Waals surface area contributed by atoms with Crippen LogP contribution in [0.2, 0.25) is 0 Å².